The molecule has 0 spiro atoms. The molecule has 2 aliphatic rings. The smallest absolute Gasteiger partial charge is 0.378 e. The van der Waals surface area contributed by atoms with E-state index in [2.05, 4.69) is 26.1 Å². The Labute approximate surface area is 208 Å². The number of carbonyl (C=O) groups excluding carboxylic acids is 1. The van der Waals surface area contributed by atoms with Crippen LogP contribution in [0.25, 0.3) is 20.8 Å². The number of anilines is 1. The van der Waals surface area contributed by atoms with E-state index in [0.717, 1.165) is 16.9 Å². The molecule has 7 nitrogen and oxygen atoms in total. The Morgan fingerprint density at radius 3 is 2.81 bits per heavy atom. The molecular formula is C24H25F4N5O2S. The quantitative estimate of drug-likeness (QED) is 0.320. The third-order valence-electron chi connectivity index (χ3n) is 6.48. The van der Waals surface area contributed by atoms with Gasteiger partial charge < -0.3 is 20.5 Å². The van der Waals surface area contributed by atoms with E-state index in [9.17, 15) is 22.4 Å². The maximum absolute atomic E-state index is 14.4. The number of alkyl halides is 4. The summed E-state index contributed by atoms with van der Waals surface area (Å²) < 4.78 is 61.2. The number of hydrogen-bond donors (Lipinski definition) is 3. The van der Waals surface area contributed by atoms with E-state index in [4.69, 9.17) is 4.52 Å². The number of aromatic nitrogens is 2. The molecule has 1 aromatic carbocycles. The maximum atomic E-state index is 14.4. The predicted molar refractivity (Wildman–Crippen MR) is 129 cm³/mol. The van der Waals surface area contributed by atoms with Crippen LogP contribution in [0.4, 0.5) is 23.2 Å². The van der Waals surface area contributed by atoms with Crippen molar-refractivity contribution in [2.24, 2.45) is 0 Å². The lowest BCUT2D eigenvalue weighted by atomic mass is 10.0. The van der Waals surface area contributed by atoms with Gasteiger partial charge in [0.2, 0.25) is 17.6 Å². The van der Waals surface area contributed by atoms with Crippen molar-refractivity contribution in [2.45, 2.75) is 57.5 Å². The SMILES string of the molecule is CC(C)=C1C[C@@H](c2nc(-c3sc4c(N[C@@H]5CCNC[C@@H]5F)cccc4c3CC(F)(F)F)no2)NC1=O. The fourth-order valence-electron chi connectivity index (χ4n) is 4.67. The standard InChI is InChI=1S/C24H25F4N5O2S/c1-11(2)13-8-18(31-22(13)34)23-32-21(33-35-23)20-14(9-24(26,27)28)12-4-3-5-17(19(12)36-20)30-16-6-7-29-10-15(16)25/h3-5,15-16,18,29-30H,6-10H2,1-2H3,(H,31,34)/t15-,16+,18-/m0/s1. The van der Waals surface area contributed by atoms with Crippen molar-refractivity contribution in [3.8, 4) is 10.7 Å². The first-order valence-corrected chi connectivity index (χ1v) is 12.5. The Balaban J connectivity index is 1.54. The molecule has 3 aromatic rings. The van der Waals surface area contributed by atoms with Crippen LogP contribution in [0.5, 0.6) is 0 Å². The van der Waals surface area contributed by atoms with Gasteiger partial charge in [0.1, 0.15) is 12.2 Å². The van der Waals surface area contributed by atoms with Gasteiger partial charge in [0.05, 0.1) is 27.7 Å². The first kappa shape index (κ1) is 24.7. The average Bonchev–Trinajstić information content (AvgIpc) is 3.52. The van der Waals surface area contributed by atoms with Crippen molar-refractivity contribution in [3.05, 3.63) is 40.8 Å². The minimum absolute atomic E-state index is 0.0292. The summed E-state index contributed by atoms with van der Waals surface area (Å²) in [6, 6.07) is 4.04. The molecule has 2 saturated heterocycles. The molecule has 12 heteroatoms. The van der Waals surface area contributed by atoms with Gasteiger partial charge in [-0.2, -0.15) is 18.2 Å². The number of nitrogens with one attached hydrogen (secondary N) is 3. The number of fused-ring (bicyclic) bond motifs is 1. The summed E-state index contributed by atoms with van der Waals surface area (Å²) >= 11 is 1.11. The molecule has 0 bridgehead atoms. The number of halogens is 4. The second kappa shape index (κ2) is 9.47. The van der Waals surface area contributed by atoms with Gasteiger partial charge in [0.15, 0.2) is 0 Å². The summed E-state index contributed by atoms with van der Waals surface area (Å²) in [6.07, 6.45) is -5.83. The zero-order chi connectivity index (χ0) is 25.6. The van der Waals surface area contributed by atoms with E-state index >= 15 is 0 Å². The van der Waals surface area contributed by atoms with Crippen LogP contribution in [-0.2, 0) is 11.2 Å². The monoisotopic (exact) mass is 523 g/mol. The Hall–Kier alpha value is -2.99. The van der Waals surface area contributed by atoms with E-state index in [-0.39, 0.29) is 34.6 Å². The summed E-state index contributed by atoms with van der Waals surface area (Å²) in [4.78, 5) is 16.8. The van der Waals surface area contributed by atoms with Crippen molar-refractivity contribution in [1.82, 2.24) is 20.8 Å². The number of benzene rings is 1. The second-order valence-electron chi connectivity index (χ2n) is 9.31. The van der Waals surface area contributed by atoms with Crippen molar-refractivity contribution < 1.29 is 26.9 Å². The van der Waals surface area contributed by atoms with Gasteiger partial charge in [0.25, 0.3) is 0 Å². The topological polar surface area (TPSA) is 92.1 Å². The molecule has 0 aliphatic carbocycles. The minimum Gasteiger partial charge on any atom is -0.378 e. The number of hydrogen-bond acceptors (Lipinski definition) is 7. The van der Waals surface area contributed by atoms with Gasteiger partial charge >= 0.3 is 6.18 Å². The Kier molecular flexibility index (Phi) is 6.50. The third kappa shape index (κ3) is 4.83. The van der Waals surface area contributed by atoms with Crippen LogP contribution in [0.2, 0.25) is 0 Å². The first-order chi connectivity index (χ1) is 17.1. The van der Waals surface area contributed by atoms with E-state index < -0.39 is 30.9 Å². The molecule has 2 fully saturated rings. The van der Waals surface area contributed by atoms with Gasteiger partial charge in [0, 0.05) is 18.5 Å². The molecule has 0 radical (unpaired) electrons. The van der Waals surface area contributed by atoms with Gasteiger partial charge in [-0.1, -0.05) is 22.9 Å². The van der Waals surface area contributed by atoms with Crippen LogP contribution in [0, 0.1) is 0 Å². The summed E-state index contributed by atoms with van der Waals surface area (Å²) in [7, 11) is 0. The van der Waals surface area contributed by atoms with Crippen molar-refractivity contribution in [2.75, 3.05) is 18.4 Å². The summed E-state index contributed by atoms with van der Waals surface area (Å²) in [6.45, 7) is 4.54. The van der Waals surface area contributed by atoms with Gasteiger partial charge in [-0.3, -0.25) is 4.79 Å². The fourth-order valence-corrected chi connectivity index (χ4v) is 5.89. The zero-order valence-electron chi connectivity index (χ0n) is 19.6. The lowest BCUT2D eigenvalue weighted by molar-refractivity contribution is -0.126. The highest BCUT2D eigenvalue weighted by Crippen LogP contribution is 2.44. The Morgan fingerprint density at radius 2 is 2.11 bits per heavy atom. The molecule has 1 amide bonds. The fraction of sp³-hybridized carbons (Fsp3) is 0.458. The van der Waals surface area contributed by atoms with Crippen molar-refractivity contribution in [3.63, 3.8) is 0 Å². The molecule has 3 N–H and O–H groups in total. The van der Waals surface area contributed by atoms with Gasteiger partial charge in [-0.05, 0) is 43.8 Å². The van der Waals surface area contributed by atoms with Crippen LogP contribution < -0.4 is 16.0 Å². The molecule has 5 rings (SSSR count). The lowest BCUT2D eigenvalue weighted by Gasteiger charge is -2.28. The lowest BCUT2D eigenvalue weighted by Crippen LogP contribution is -2.45. The molecule has 2 aliphatic heterocycles. The van der Waals surface area contributed by atoms with Crippen LogP contribution >= 0.6 is 11.3 Å². The summed E-state index contributed by atoms with van der Waals surface area (Å²) in [5, 5.41) is 13.4. The highest BCUT2D eigenvalue weighted by molar-refractivity contribution is 7.23. The third-order valence-corrected chi connectivity index (χ3v) is 7.76. The summed E-state index contributed by atoms with van der Waals surface area (Å²) in [5.41, 5.74) is 2.11. The molecule has 2 aromatic heterocycles. The number of piperidine rings is 1. The number of nitrogens with zero attached hydrogens (tertiary/aromatic N) is 2. The number of amides is 1. The largest absolute Gasteiger partial charge is 0.393 e. The van der Waals surface area contributed by atoms with Crippen LogP contribution in [-0.4, -0.2) is 47.5 Å². The van der Waals surface area contributed by atoms with Crippen molar-refractivity contribution >= 4 is 33.0 Å². The summed E-state index contributed by atoms with van der Waals surface area (Å²) in [5.74, 6) is -0.0564. The van der Waals surface area contributed by atoms with Crippen LogP contribution in [0.3, 0.4) is 0 Å². The Morgan fingerprint density at radius 1 is 1.31 bits per heavy atom. The number of thiophene rings is 1. The number of allylic oxidation sites excluding steroid dienone is 1. The predicted octanol–water partition coefficient (Wildman–Crippen LogP) is 5.07. The molecule has 3 atom stereocenters. The highest BCUT2D eigenvalue weighted by atomic mass is 32.1. The maximum Gasteiger partial charge on any atom is 0.393 e. The molecule has 0 saturated carbocycles. The molecule has 0 unspecified atom stereocenters. The molecule has 4 heterocycles. The molecule has 36 heavy (non-hydrogen) atoms. The highest BCUT2D eigenvalue weighted by Gasteiger charge is 2.35. The second-order valence-corrected chi connectivity index (χ2v) is 10.3. The van der Waals surface area contributed by atoms with Crippen LogP contribution in [0.1, 0.15) is 44.2 Å². The average molecular weight is 524 g/mol. The normalized spacial score (nSPS) is 22.8. The van der Waals surface area contributed by atoms with Gasteiger partial charge in [-0.15, -0.1) is 11.3 Å². The number of carbonyl (C=O) groups is 1. The first-order valence-electron chi connectivity index (χ1n) is 11.6. The number of rotatable bonds is 5. The van der Waals surface area contributed by atoms with E-state index in [1.54, 1.807) is 18.2 Å². The molecular weight excluding hydrogens is 498 g/mol. The van der Waals surface area contributed by atoms with Crippen LogP contribution in [0.15, 0.2) is 33.9 Å². The molecule has 192 valence electrons. The Bertz CT molecular complexity index is 1330. The van der Waals surface area contributed by atoms with E-state index in [0.29, 0.717) is 40.7 Å². The van der Waals surface area contributed by atoms with Gasteiger partial charge in [-0.25, -0.2) is 4.39 Å². The van der Waals surface area contributed by atoms with E-state index in [1.807, 2.05) is 13.8 Å². The van der Waals surface area contributed by atoms with E-state index in [1.165, 1.54) is 0 Å². The minimum atomic E-state index is -4.46. The zero-order valence-corrected chi connectivity index (χ0v) is 20.4. The van der Waals surface area contributed by atoms with Crippen molar-refractivity contribution in [1.29, 1.82) is 0 Å².